The molecule has 0 fully saturated rings. The van der Waals surface area contributed by atoms with Crippen molar-refractivity contribution in [2.75, 3.05) is 26.8 Å². The lowest BCUT2D eigenvalue weighted by atomic mass is 9.99. The first-order valence-corrected chi connectivity index (χ1v) is 15.3. The Morgan fingerprint density at radius 2 is 1.47 bits per heavy atom. The third-order valence-corrected chi connectivity index (χ3v) is 7.26. The van der Waals surface area contributed by atoms with E-state index in [1.807, 2.05) is 42.5 Å². The van der Waals surface area contributed by atoms with Crippen molar-refractivity contribution in [2.24, 2.45) is 0 Å². The quantitative estimate of drug-likeness (QED) is 0.115. The maximum absolute atomic E-state index is 12.8. The molecule has 0 aliphatic carbocycles. The molecule has 4 aromatic rings. The van der Waals surface area contributed by atoms with Gasteiger partial charge in [0.25, 0.3) is 0 Å². The van der Waals surface area contributed by atoms with Crippen LogP contribution in [0.15, 0.2) is 97.2 Å². The van der Waals surface area contributed by atoms with Gasteiger partial charge in [-0.05, 0) is 86.9 Å². The number of carbonyl (C=O) groups excluding carboxylic acids is 1. The molecule has 4 N–H and O–H groups in total. The minimum absolute atomic E-state index is 0.102. The molecular formula is C36H47N3O4. The minimum atomic E-state index is -0.644. The molecule has 1 aromatic heterocycles. The highest BCUT2D eigenvalue weighted by Crippen LogP contribution is 2.23. The number of aliphatic hydroxyl groups is 2. The molecule has 1 atom stereocenters. The van der Waals surface area contributed by atoms with Gasteiger partial charge in [0.2, 0.25) is 5.91 Å². The van der Waals surface area contributed by atoms with Crippen molar-refractivity contribution >= 4 is 16.8 Å². The number of amides is 1. The van der Waals surface area contributed by atoms with Crippen LogP contribution in [-0.2, 0) is 17.6 Å². The van der Waals surface area contributed by atoms with E-state index in [1.165, 1.54) is 11.1 Å². The topological polar surface area (TPSA) is 104 Å². The molecule has 3 aromatic carbocycles. The fourth-order valence-electron chi connectivity index (χ4n) is 5.07. The first-order chi connectivity index (χ1) is 21.2. The average molecular weight is 586 g/mol. The largest absolute Gasteiger partial charge is 0.490 e. The molecule has 0 radical (unpaired) electrons. The van der Waals surface area contributed by atoms with Crippen LogP contribution < -0.4 is 15.4 Å². The highest BCUT2D eigenvalue weighted by atomic mass is 16.5. The van der Waals surface area contributed by atoms with Crippen LogP contribution in [0.5, 0.6) is 5.75 Å². The van der Waals surface area contributed by atoms with Gasteiger partial charge in [0, 0.05) is 37.7 Å². The highest BCUT2D eigenvalue weighted by molar-refractivity contribution is 5.84. The predicted octanol–water partition coefficient (Wildman–Crippen LogP) is 5.48. The van der Waals surface area contributed by atoms with E-state index in [9.17, 15) is 9.90 Å². The monoisotopic (exact) mass is 585 g/mol. The number of nitrogens with one attached hydrogen (secondary N) is 2. The van der Waals surface area contributed by atoms with Crippen molar-refractivity contribution in [1.29, 1.82) is 0 Å². The number of hydrogen-bond donors (Lipinski definition) is 4. The number of aromatic nitrogens is 1. The fourth-order valence-corrected chi connectivity index (χ4v) is 5.07. The molecule has 0 bridgehead atoms. The molecule has 7 nitrogen and oxygen atoms in total. The molecule has 0 saturated carbocycles. The van der Waals surface area contributed by atoms with Gasteiger partial charge in [-0.15, -0.1) is 0 Å². The van der Waals surface area contributed by atoms with Crippen molar-refractivity contribution in [3.05, 3.63) is 108 Å². The zero-order chi connectivity index (χ0) is 30.5. The second kappa shape index (κ2) is 20.2. The summed E-state index contributed by atoms with van der Waals surface area (Å²) < 4.78 is 5.85. The van der Waals surface area contributed by atoms with E-state index in [4.69, 9.17) is 9.84 Å². The van der Waals surface area contributed by atoms with Gasteiger partial charge in [-0.25, -0.2) is 0 Å². The van der Waals surface area contributed by atoms with Crippen molar-refractivity contribution in [3.63, 3.8) is 0 Å². The lowest BCUT2D eigenvalue weighted by Crippen LogP contribution is -2.36. The van der Waals surface area contributed by atoms with Crippen molar-refractivity contribution in [3.8, 4) is 5.75 Å². The second-order valence-corrected chi connectivity index (χ2v) is 10.6. The van der Waals surface area contributed by atoms with E-state index in [2.05, 4.69) is 64.1 Å². The van der Waals surface area contributed by atoms with Gasteiger partial charge in [-0.3, -0.25) is 9.78 Å². The molecule has 0 aliphatic rings. The molecule has 1 heterocycles. The van der Waals surface area contributed by atoms with Crippen LogP contribution in [0.2, 0.25) is 0 Å². The molecule has 0 saturated heterocycles. The first-order valence-electron chi connectivity index (χ1n) is 15.3. The van der Waals surface area contributed by atoms with E-state index in [-0.39, 0.29) is 18.6 Å². The Bertz CT molecular complexity index is 1250. The summed E-state index contributed by atoms with van der Waals surface area (Å²) in [4.78, 5) is 17.1. The molecule has 0 aliphatic heterocycles. The standard InChI is InChI=1S/C35H43N3O3.CH4O/c39-31(27-41-34-22-9-21-33-32(34)20-10-25-37-33)26-36-24-11-23-35(40)38-30(18-7-16-28-12-3-1-4-13-28)19-8-17-29-14-5-2-6-15-29;1-2/h1-6,9-10,12-15,20-22,25,30-31,36,39H,7-8,11,16-19,23-24,26-27H2,(H,38,40);2H,1H3. The molecule has 1 unspecified atom stereocenters. The third kappa shape index (κ3) is 13.0. The van der Waals surface area contributed by atoms with E-state index in [0.717, 1.165) is 63.0 Å². The van der Waals surface area contributed by atoms with E-state index >= 15 is 0 Å². The number of ether oxygens (including phenoxy) is 1. The molecule has 1 amide bonds. The van der Waals surface area contributed by atoms with Crippen LogP contribution in [0, 0.1) is 0 Å². The maximum atomic E-state index is 12.8. The van der Waals surface area contributed by atoms with Crippen LogP contribution in [-0.4, -0.2) is 60.1 Å². The van der Waals surface area contributed by atoms with E-state index in [1.54, 1.807) is 6.20 Å². The number of aliphatic hydroxyl groups excluding tert-OH is 2. The summed E-state index contributed by atoms with van der Waals surface area (Å²) in [5.74, 6) is 0.818. The Morgan fingerprint density at radius 3 is 2.12 bits per heavy atom. The van der Waals surface area contributed by atoms with Gasteiger partial charge >= 0.3 is 0 Å². The summed E-state index contributed by atoms with van der Waals surface area (Å²) in [6.07, 6.45) is 8.41. The number of pyridine rings is 1. The number of fused-ring (bicyclic) bond motifs is 1. The average Bonchev–Trinajstić information content (AvgIpc) is 3.05. The molecular weight excluding hydrogens is 538 g/mol. The summed E-state index contributed by atoms with van der Waals surface area (Å²) in [6.45, 7) is 1.26. The van der Waals surface area contributed by atoms with E-state index in [0.29, 0.717) is 25.3 Å². The van der Waals surface area contributed by atoms with Crippen molar-refractivity contribution < 1.29 is 19.7 Å². The molecule has 7 heteroatoms. The Hall–Kier alpha value is -3.78. The summed E-state index contributed by atoms with van der Waals surface area (Å²) in [5, 5.41) is 24.8. The number of hydrogen-bond acceptors (Lipinski definition) is 6. The molecule has 43 heavy (non-hydrogen) atoms. The Labute approximate surface area is 256 Å². The SMILES string of the molecule is CO.O=C(CCCNCC(O)COc1cccc2ncccc12)NC(CCCc1ccccc1)CCCc1ccccc1. The zero-order valence-corrected chi connectivity index (χ0v) is 25.3. The van der Waals surface area contributed by atoms with Crippen LogP contribution in [0.3, 0.4) is 0 Å². The Morgan fingerprint density at radius 1 is 0.814 bits per heavy atom. The smallest absolute Gasteiger partial charge is 0.220 e. The van der Waals surface area contributed by atoms with Gasteiger partial charge in [0.15, 0.2) is 0 Å². The predicted molar refractivity (Wildman–Crippen MR) is 174 cm³/mol. The van der Waals surface area contributed by atoms with Crippen LogP contribution in [0.1, 0.15) is 49.7 Å². The number of aryl methyl sites for hydroxylation is 2. The lowest BCUT2D eigenvalue weighted by Gasteiger charge is -2.19. The summed E-state index contributed by atoms with van der Waals surface area (Å²) in [5.41, 5.74) is 3.55. The van der Waals surface area contributed by atoms with Gasteiger partial charge in [0.05, 0.1) is 5.52 Å². The number of benzene rings is 3. The minimum Gasteiger partial charge on any atom is -0.490 e. The third-order valence-electron chi connectivity index (χ3n) is 7.26. The Kier molecular flexibility index (Phi) is 15.8. The summed E-state index contributed by atoms with van der Waals surface area (Å²) >= 11 is 0. The normalized spacial score (nSPS) is 11.5. The Balaban J connectivity index is 0.00000248. The van der Waals surface area contributed by atoms with Gasteiger partial charge < -0.3 is 25.6 Å². The van der Waals surface area contributed by atoms with Crippen LogP contribution in [0.4, 0.5) is 0 Å². The number of rotatable bonds is 18. The van der Waals surface area contributed by atoms with Crippen LogP contribution >= 0.6 is 0 Å². The highest BCUT2D eigenvalue weighted by Gasteiger charge is 2.13. The molecule has 0 spiro atoms. The first kappa shape index (κ1) is 33.7. The summed E-state index contributed by atoms with van der Waals surface area (Å²) in [7, 11) is 1.00. The maximum Gasteiger partial charge on any atom is 0.220 e. The van der Waals surface area contributed by atoms with E-state index < -0.39 is 6.10 Å². The molecule has 230 valence electrons. The van der Waals surface area contributed by atoms with Gasteiger partial charge in [0.1, 0.15) is 18.5 Å². The number of carbonyl (C=O) groups is 1. The van der Waals surface area contributed by atoms with Gasteiger partial charge in [-0.1, -0.05) is 66.7 Å². The number of nitrogens with zero attached hydrogens (tertiary/aromatic N) is 1. The molecule has 4 rings (SSSR count). The summed E-state index contributed by atoms with van der Waals surface area (Å²) in [6, 6.07) is 30.8. The van der Waals surface area contributed by atoms with Crippen molar-refractivity contribution in [2.45, 2.75) is 63.5 Å². The lowest BCUT2D eigenvalue weighted by molar-refractivity contribution is -0.122. The zero-order valence-electron chi connectivity index (χ0n) is 25.3. The van der Waals surface area contributed by atoms with Gasteiger partial charge in [-0.2, -0.15) is 0 Å². The fraction of sp³-hybridized carbons (Fsp3) is 0.389. The van der Waals surface area contributed by atoms with Crippen LogP contribution in [0.25, 0.3) is 10.9 Å². The van der Waals surface area contributed by atoms with Crippen molar-refractivity contribution in [1.82, 2.24) is 15.6 Å². The second-order valence-electron chi connectivity index (χ2n) is 10.6.